The first-order valence-corrected chi connectivity index (χ1v) is 9.06. The zero-order valence-electron chi connectivity index (χ0n) is 16.1. The molecule has 6 nitrogen and oxygen atoms in total. The Morgan fingerprint density at radius 3 is 2.58 bits per heavy atom. The van der Waals surface area contributed by atoms with Gasteiger partial charge in [0.2, 0.25) is 0 Å². The zero-order chi connectivity index (χ0) is 19.3. The molecular formula is C20H28N2O4. The number of amides is 2. The van der Waals surface area contributed by atoms with Crippen molar-refractivity contribution in [3.63, 3.8) is 0 Å². The van der Waals surface area contributed by atoms with Gasteiger partial charge < -0.3 is 20.1 Å². The monoisotopic (exact) mass is 360 g/mol. The van der Waals surface area contributed by atoms with Gasteiger partial charge in [0.25, 0.3) is 0 Å². The van der Waals surface area contributed by atoms with Gasteiger partial charge in [-0.1, -0.05) is 32.9 Å². The molecule has 0 fully saturated rings. The largest absolute Gasteiger partial charge is 0.493 e. The van der Waals surface area contributed by atoms with E-state index in [0.29, 0.717) is 36.0 Å². The van der Waals surface area contributed by atoms with Gasteiger partial charge in [-0.15, -0.1) is 0 Å². The summed E-state index contributed by atoms with van der Waals surface area (Å²) >= 11 is 0. The van der Waals surface area contributed by atoms with Crippen molar-refractivity contribution in [1.82, 2.24) is 10.6 Å². The summed E-state index contributed by atoms with van der Waals surface area (Å²) in [5.74, 6) is 0.682. The van der Waals surface area contributed by atoms with Gasteiger partial charge in [-0.25, -0.2) is 9.59 Å². The van der Waals surface area contributed by atoms with E-state index in [1.54, 1.807) is 13.8 Å². The number of hydrogen-bond donors (Lipinski definition) is 2. The number of allylic oxidation sites excluding steroid dienone is 1. The highest BCUT2D eigenvalue weighted by Crippen LogP contribution is 2.31. The maximum Gasteiger partial charge on any atom is 0.338 e. The van der Waals surface area contributed by atoms with Crippen molar-refractivity contribution < 1.29 is 19.1 Å². The molecule has 1 aliphatic heterocycles. The molecule has 1 unspecified atom stereocenters. The fraction of sp³-hybridized carbons (Fsp3) is 0.500. The van der Waals surface area contributed by atoms with Crippen molar-refractivity contribution in [3.05, 3.63) is 41.1 Å². The predicted molar refractivity (Wildman–Crippen MR) is 99.7 cm³/mol. The van der Waals surface area contributed by atoms with Crippen molar-refractivity contribution in [2.45, 2.75) is 53.2 Å². The molecule has 0 saturated carbocycles. The standard InChI is InChI=1S/C20H28N2O4/c1-6-16-17(19(23)26-13(4)5)18(22-20(24)21-16)14-8-7-9-15(10-14)25-11-12(2)3/h7-10,12-13,18H,6,11H2,1-5H3,(H2,21,22,24). The quantitative estimate of drug-likeness (QED) is 0.727. The van der Waals surface area contributed by atoms with Crippen molar-refractivity contribution in [1.29, 1.82) is 0 Å². The van der Waals surface area contributed by atoms with Gasteiger partial charge in [0.05, 0.1) is 24.3 Å². The summed E-state index contributed by atoms with van der Waals surface area (Å²) < 4.78 is 11.2. The maximum atomic E-state index is 12.7. The highest BCUT2D eigenvalue weighted by atomic mass is 16.5. The van der Waals surface area contributed by atoms with Gasteiger partial charge in [0, 0.05) is 5.70 Å². The van der Waals surface area contributed by atoms with Crippen LogP contribution in [0.15, 0.2) is 35.5 Å². The lowest BCUT2D eigenvalue weighted by molar-refractivity contribution is -0.143. The van der Waals surface area contributed by atoms with Crippen LogP contribution in [0.5, 0.6) is 5.75 Å². The summed E-state index contributed by atoms with van der Waals surface area (Å²) in [7, 11) is 0. The van der Waals surface area contributed by atoms with Crippen LogP contribution in [0.1, 0.15) is 52.6 Å². The molecule has 1 aromatic rings. The van der Waals surface area contributed by atoms with Crippen LogP contribution in [-0.2, 0) is 9.53 Å². The van der Waals surface area contributed by atoms with Crippen LogP contribution in [-0.4, -0.2) is 24.7 Å². The fourth-order valence-corrected chi connectivity index (χ4v) is 2.71. The Labute approximate surface area is 154 Å². The molecular weight excluding hydrogens is 332 g/mol. The number of benzene rings is 1. The van der Waals surface area contributed by atoms with Gasteiger partial charge in [0.1, 0.15) is 5.75 Å². The average molecular weight is 360 g/mol. The molecule has 2 N–H and O–H groups in total. The average Bonchev–Trinajstić information content (AvgIpc) is 2.58. The lowest BCUT2D eigenvalue weighted by Crippen LogP contribution is -2.46. The molecule has 6 heteroatoms. The Bertz CT molecular complexity index is 695. The van der Waals surface area contributed by atoms with E-state index in [-0.39, 0.29) is 12.1 Å². The number of urea groups is 1. The molecule has 0 saturated heterocycles. The summed E-state index contributed by atoms with van der Waals surface area (Å²) in [4.78, 5) is 24.7. The molecule has 0 aromatic heterocycles. The van der Waals surface area contributed by atoms with E-state index in [1.165, 1.54) is 0 Å². The molecule has 1 heterocycles. The zero-order valence-corrected chi connectivity index (χ0v) is 16.1. The van der Waals surface area contributed by atoms with Gasteiger partial charge in [0.15, 0.2) is 0 Å². The Morgan fingerprint density at radius 2 is 1.96 bits per heavy atom. The molecule has 0 radical (unpaired) electrons. The van der Waals surface area contributed by atoms with Gasteiger partial charge in [-0.3, -0.25) is 0 Å². The van der Waals surface area contributed by atoms with E-state index in [1.807, 2.05) is 31.2 Å². The van der Waals surface area contributed by atoms with Crippen LogP contribution in [0.3, 0.4) is 0 Å². The summed E-state index contributed by atoms with van der Waals surface area (Å²) in [6.45, 7) is 10.2. The van der Waals surface area contributed by atoms with Gasteiger partial charge >= 0.3 is 12.0 Å². The Hall–Kier alpha value is -2.50. The SMILES string of the molecule is CCC1=C(C(=O)OC(C)C)C(c2cccc(OCC(C)C)c2)NC(=O)N1. The van der Waals surface area contributed by atoms with E-state index in [4.69, 9.17) is 9.47 Å². The number of esters is 1. The molecule has 2 rings (SSSR count). The smallest absolute Gasteiger partial charge is 0.338 e. The van der Waals surface area contributed by atoms with Crippen molar-refractivity contribution in [2.24, 2.45) is 5.92 Å². The number of carbonyl (C=O) groups excluding carboxylic acids is 2. The molecule has 1 aromatic carbocycles. The van der Waals surface area contributed by atoms with Crippen LogP contribution in [0, 0.1) is 5.92 Å². The third-order valence-corrected chi connectivity index (χ3v) is 3.84. The van der Waals surface area contributed by atoms with Crippen LogP contribution < -0.4 is 15.4 Å². The van der Waals surface area contributed by atoms with E-state index < -0.39 is 12.0 Å². The van der Waals surface area contributed by atoms with Crippen molar-refractivity contribution in [3.8, 4) is 5.75 Å². The minimum Gasteiger partial charge on any atom is -0.493 e. The molecule has 1 aliphatic rings. The van der Waals surface area contributed by atoms with Crippen molar-refractivity contribution in [2.75, 3.05) is 6.61 Å². The van der Waals surface area contributed by atoms with Crippen molar-refractivity contribution >= 4 is 12.0 Å². The van der Waals surface area contributed by atoms with Gasteiger partial charge in [-0.2, -0.15) is 0 Å². The first-order valence-electron chi connectivity index (χ1n) is 9.06. The first-order chi connectivity index (χ1) is 12.3. The van der Waals surface area contributed by atoms with E-state index >= 15 is 0 Å². The molecule has 142 valence electrons. The normalized spacial score (nSPS) is 17.2. The summed E-state index contributed by atoms with van der Waals surface area (Å²) in [6.07, 6.45) is 0.280. The number of ether oxygens (including phenoxy) is 2. The number of rotatable bonds is 7. The molecule has 0 aliphatic carbocycles. The topological polar surface area (TPSA) is 76.7 Å². The minimum atomic E-state index is -0.576. The first kappa shape index (κ1) is 19.8. The molecule has 0 spiro atoms. The second kappa shape index (κ2) is 8.74. The number of hydrogen-bond acceptors (Lipinski definition) is 4. The minimum absolute atomic E-state index is 0.243. The number of carbonyl (C=O) groups is 2. The molecule has 26 heavy (non-hydrogen) atoms. The predicted octanol–water partition coefficient (Wildman–Crippen LogP) is 3.69. The van der Waals surface area contributed by atoms with E-state index in [9.17, 15) is 9.59 Å². The Kier molecular flexibility index (Phi) is 6.66. The van der Waals surface area contributed by atoms with Crippen LogP contribution >= 0.6 is 0 Å². The summed E-state index contributed by atoms with van der Waals surface area (Å²) in [6, 6.07) is 6.54. The lowest BCUT2D eigenvalue weighted by atomic mass is 9.94. The molecule has 0 bridgehead atoms. The second-order valence-corrected chi connectivity index (χ2v) is 7.01. The maximum absolute atomic E-state index is 12.7. The van der Waals surface area contributed by atoms with E-state index in [2.05, 4.69) is 24.5 Å². The highest BCUT2D eigenvalue weighted by molar-refractivity contribution is 5.95. The van der Waals surface area contributed by atoms with Gasteiger partial charge in [-0.05, 0) is 43.9 Å². The third-order valence-electron chi connectivity index (χ3n) is 3.84. The molecule has 2 amide bonds. The third kappa shape index (κ3) is 5.00. The highest BCUT2D eigenvalue weighted by Gasteiger charge is 2.33. The van der Waals surface area contributed by atoms with Crippen LogP contribution in [0.25, 0.3) is 0 Å². The fourth-order valence-electron chi connectivity index (χ4n) is 2.71. The van der Waals surface area contributed by atoms with E-state index in [0.717, 1.165) is 5.56 Å². The summed E-state index contributed by atoms with van der Waals surface area (Å²) in [5.41, 5.74) is 1.79. The second-order valence-electron chi connectivity index (χ2n) is 7.01. The van der Waals surface area contributed by atoms with Crippen LogP contribution in [0.2, 0.25) is 0 Å². The number of nitrogens with one attached hydrogen (secondary N) is 2. The summed E-state index contributed by atoms with van der Waals surface area (Å²) in [5, 5.41) is 5.55. The lowest BCUT2D eigenvalue weighted by Gasteiger charge is -2.29. The molecule has 1 atom stereocenters. The Morgan fingerprint density at radius 1 is 1.23 bits per heavy atom. The Balaban J connectivity index is 2.39. The van der Waals surface area contributed by atoms with Crippen LogP contribution in [0.4, 0.5) is 4.79 Å².